The Labute approximate surface area is 60.3 Å². The molecule has 1 nitrogen and oxygen atoms in total. The number of nitrogens with zero attached hydrogens (tertiary/aromatic N) is 1. The van der Waals surface area contributed by atoms with Gasteiger partial charge in [-0.15, -0.1) is 0 Å². The molecular formula is C4H3B4N. The van der Waals surface area contributed by atoms with Gasteiger partial charge in [0.15, 0.2) is 0 Å². The lowest BCUT2D eigenvalue weighted by Gasteiger charge is -2.04. The highest BCUT2D eigenvalue weighted by molar-refractivity contribution is 6.61. The molecule has 0 aromatic rings. The quantitative estimate of drug-likeness (QED) is 0.301. The summed E-state index contributed by atoms with van der Waals surface area (Å²) < 4.78 is 0. The number of rotatable bonds is 1. The Morgan fingerprint density at radius 1 is 1.11 bits per heavy atom. The highest BCUT2D eigenvalue weighted by Gasteiger charge is 2.61. The highest BCUT2D eigenvalue weighted by Crippen LogP contribution is 2.68. The minimum Gasteiger partial charge on any atom is -0.300 e. The van der Waals surface area contributed by atoms with Crippen LogP contribution in [0.25, 0.3) is 0 Å². The molecule has 5 heteroatoms. The first-order valence-corrected chi connectivity index (χ1v) is 2.56. The second-order valence-corrected chi connectivity index (χ2v) is 2.45. The molecule has 8 radical (unpaired) electrons. The van der Waals surface area contributed by atoms with Gasteiger partial charge in [0, 0.05) is 6.04 Å². The fourth-order valence-electron chi connectivity index (χ4n) is 0.848. The maximum absolute atomic E-state index is 5.39. The molecule has 0 atom stereocenters. The van der Waals surface area contributed by atoms with Crippen molar-refractivity contribution in [3.8, 4) is 0 Å². The third-order valence-corrected chi connectivity index (χ3v) is 1.75. The van der Waals surface area contributed by atoms with Crippen LogP contribution in [0.4, 0.5) is 0 Å². The van der Waals surface area contributed by atoms with Crippen molar-refractivity contribution in [3.05, 3.63) is 0 Å². The second-order valence-electron chi connectivity index (χ2n) is 2.45. The SMILES string of the molecule is [B]C1([B])C(N=C)C1([B])[B]. The molecule has 1 aliphatic rings. The summed E-state index contributed by atoms with van der Waals surface area (Å²) in [7, 11) is 21.6. The van der Waals surface area contributed by atoms with E-state index in [0.29, 0.717) is 0 Å². The van der Waals surface area contributed by atoms with Crippen LogP contribution in [0.15, 0.2) is 4.99 Å². The Morgan fingerprint density at radius 2 is 1.44 bits per heavy atom. The predicted molar refractivity (Wildman–Crippen MR) is 41.7 cm³/mol. The fraction of sp³-hybridized carbons (Fsp3) is 0.750. The summed E-state index contributed by atoms with van der Waals surface area (Å²) in [5, 5.41) is -2.12. The van der Waals surface area contributed by atoms with Gasteiger partial charge in [-0.25, -0.2) is 0 Å². The van der Waals surface area contributed by atoms with Crippen molar-refractivity contribution in [1.29, 1.82) is 0 Å². The van der Waals surface area contributed by atoms with Crippen LogP contribution in [0.3, 0.4) is 0 Å². The molecule has 0 saturated heterocycles. The Kier molecular flexibility index (Phi) is 1.17. The summed E-state index contributed by atoms with van der Waals surface area (Å²) in [5.41, 5.74) is 0. The van der Waals surface area contributed by atoms with E-state index in [1.54, 1.807) is 0 Å². The predicted octanol–water partition coefficient (Wildman–Crippen LogP) is -1.02. The molecule has 0 amide bonds. The molecule has 1 fully saturated rings. The zero-order valence-electron chi connectivity index (χ0n) is 5.04. The fourth-order valence-corrected chi connectivity index (χ4v) is 0.848. The van der Waals surface area contributed by atoms with E-state index in [4.69, 9.17) is 31.4 Å². The van der Waals surface area contributed by atoms with Crippen molar-refractivity contribution in [2.75, 3.05) is 0 Å². The standard InChI is InChI=1S/C4H3B4N/c1-9-2-3(5,6)4(2,7)8/h2H,1H2. The van der Waals surface area contributed by atoms with E-state index in [1.807, 2.05) is 0 Å². The third kappa shape index (κ3) is 0.637. The van der Waals surface area contributed by atoms with Gasteiger partial charge in [-0.3, -0.25) is 4.99 Å². The average Bonchev–Trinajstić information content (AvgIpc) is 2.00. The maximum atomic E-state index is 5.39. The van der Waals surface area contributed by atoms with E-state index < -0.39 is 16.5 Å². The average molecular weight is 108 g/mol. The molecule has 1 rings (SSSR count). The topological polar surface area (TPSA) is 12.4 Å². The van der Waals surface area contributed by atoms with E-state index in [-0.39, 0.29) is 0 Å². The van der Waals surface area contributed by atoms with Crippen LogP contribution in [0.1, 0.15) is 0 Å². The van der Waals surface area contributed by atoms with Gasteiger partial charge in [0.25, 0.3) is 0 Å². The largest absolute Gasteiger partial charge is 0.300 e. The van der Waals surface area contributed by atoms with Gasteiger partial charge >= 0.3 is 0 Å². The molecule has 0 aromatic heterocycles. The summed E-state index contributed by atoms with van der Waals surface area (Å²) >= 11 is 0. The number of aliphatic imine (C=N–C) groups is 1. The molecule has 36 valence electrons. The second kappa shape index (κ2) is 1.50. The van der Waals surface area contributed by atoms with Crippen molar-refractivity contribution in [2.24, 2.45) is 4.99 Å². The third-order valence-electron chi connectivity index (χ3n) is 1.75. The normalized spacial score (nSPS) is 29.3. The molecule has 0 N–H and O–H groups in total. The minimum atomic E-state index is -1.06. The van der Waals surface area contributed by atoms with Gasteiger partial charge in [0.2, 0.25) is 0 Å². The first-order valence-electron chi connectivity index (χ1n) is 2.56. The van der Waals surface area contributed by atoms with Crippen LogP contribution in [0.5, 0.6) is 0 Å². The zero-order valence-corrected chi connectivity index (χ0v) is 5.04. The number of hydrogen-bond donors (Lipinski definition) is 0. The summed E-state index contributed by atoms with van der Waals surface area (Å²) in [6, 6.07) is -0.412. The lowest BCUT2D eigenvalue weighted by atomic mass is 9.49. The Hall–Kier alpha value is -0.0703. The zero-order chi connectivity index (χ0) is 7.28. The van der Waals surface area contributed by atoms with Gasteiger partial charge in [0.05, 0.1) is 31.4 Å². The van der Waals surface area contributed by atoms with Gasteiger partial charge in [0.1, 0.15) is 0 Å². The van der Waals surface area contributed by atoms with E-state index in [1.165, 1.54) is 0 Å². The Morgan fingerprint density at radius 3 is 1.44 bits per heavy atom. The van der Waals surface area contributed by atoms with E-state index in [2.05, 4.69) is 11.7 Å². The highest BCUT2D eigenvalue weighted by atomic mass is 14.9. The van der Waals surface area contributed by atoms with Crippen LogP contribution in [-0.2, 0) is 0 Å². The van der Waals surface area contributed by atoms with Crippen molar-refractivity contribution in [2.45, 2.75) is 16.5 Å². The first kappa shape index (κ1) is 7.04. The van der Waals surface area contributed by atoms with E-state index >= 15 is 0 Å². The van der Waals surface area contributed by atoms with Crippen molar-refractivity contribution in [1.82, 2.24) is 0 Å². The van der Waals surface area contributed by atoms with Crippen LogP contribution < -0.4 is 0 Å². The van der Waals surface area contributed by atoms with Crippen LogP contribution in [0.2, 0.25) is 10.4 Å². The molecule has 1 aliphatic carbocycles. The van der Waals surface area contributed by atoms with Gasteiger partial charge in [-0.05, 0) is 6.72 Å². The first-order chi connectivity index (χ1) is 3.94. The monoisotopic (exact) mass is 109 g/mol. The minimum absolute atomic E-state index is 0.412. The van der Waals surface area contributed by atoms with E-state index in [9.17, 15) is 0 Å². The van der Waals surface area contributed by atoms with Crippen LogP contribution in [-0.4, -0.2) is 44.1 Å². The van der Waals surface area contributed by atoms with Gasteiger partial charge in [-0.2, -0.15) is 0 Å². The molecule has 0 aromatic carbocycles. The summed E-state index contributed by atoms with van der Waals surface area (Å²) in [6.07, 6.45) is 0. The summed E-state index contributed by atoms with van der Waals surface area (Å²) in [6.45, 7) is 3.24. The van der Waals surface area contributed by atoms with Crippen molar-refractivity contribution >= 4 is 38.1 Å². The lowest BCUT2D eigenvalue weighted by Crippen LogP contribution is -2.01. The summed E-state index contributed by atoms with van der Waals surface area (Å²) in [5.74, 6) is 0. The number of hydrogen-bond acceptors (Lipinski definition) is 1. The molecule has 0 bridgehead atoms. The Bertz CT molecular complexity index is 139. The van der Waals surface area contributed by atoms with Gasteiger partial charge in [-0.1, -0.05) is 10.4 Å². The Balaban J connectivity index is 2.77. The smallest absolute Gasteiger partial charge is 0.0637 e. The maximum Gasteiger partial charge on any atom is 0.0637 e. The molecule has 0 aliphatic heterocycles. The molecule has 0 spiro atoms. The molecule has 9 heavy (non-hydrogen) atoms. The van der Waals surface area contributed by atoms with E-state index in [0.717, 1.165) is 0 Å². The molecular weight excluding hydrogens is 105 g/mol. The lowest BCUT2D eigenvalue weighted by molar-refractivity contribution is 1.04. The van der Waals surface area contributed by atoms with Crippen molar-refractivity contribution < 1.29 is 0 Å². The van der Waals surface area contributed by atoms with Gasteiger partial charge < -0.3 is 0 Å². The van der Waals surface area contributed by atoms with Crippen LogP contribution >= 0.6 is 0 Å². The molecule has 1 saturated carbocycles. The molecule has 0 unspecified atom stereocenters. The van der Waals surface area contributed by atoms with Crippen molar-refractivity contribution in [3.63, 3.8) is 0 Å². The van der Waals surface area contributed by atoms with Crippen LogP contribution in [0, 0.1) is 0 Å². The molecule has 0 heterocycles. The summed E-state index contributed by atoms with van der Waals surface area (Å²) in [4.78, 5) is 3.56.